The summed E-state index contributed by atoms with van der Waals surface area (Å²) in [7, 11) is 0. The Labute approximate surface area is 112 Å². The molecule has 0 aromatic heterocycles. The summed E-state index contributed by atoms with van der Waals surface area (Å²) in [4.78, 5) is 10.9. The molecular weight excluding hydrogens is 252 g/mol. The zero-order valence-corrected chi connectivity index (χ0v) is 11.9. The molecule has 18 heavy (non-hydrogen) atoms. The second-order valence-electron chi connectivity index (χ2n) is 5.50. The second-order valence-corrected chi connectivity index (χ2v) is 5.94. The third-order valence-corrected chi connectivity index (χ3v) is 3.27. The number of aromatic hydroxyl groups is 1. The predicted molar refractivity (Wildman–Crippen MR) is 72.5 cm³/mol. The Balaban J connectivity index is 3.36. The van der Waals surface area contributed by atoms with Crippen LogP contribution in [0.15, 0.2) is 12.1 Å². The lowest BCUT2D eigenvalue weighted by Gasteiger charge is -2.26. The van der Waals surface area contributed by atoms with Crippen LogP contribution in [-0.2, 0) is 10.2 Å². The molecule has 0 bridgehead atoms. The minimum Gasteiger partial charge on any atom is -0.507 e. The fraction of sp³-hybridized carbons (Fsp3) is 0.500. The maximum atomic E-state index is 10.9. The van der Waals surface area contributed by atoms with E-state index < -0.39 is 11.4 Å². The van der Waals surface area contributed by atoms with E-state index in [1.807, 2.05) is 13.8 Å². The number of benzene rings is 1. The van der Waals surface area contributed by atoms with Crippen molar-refractivity contribution in [1.82, 2.24) is 0 Å². The number of aliphatic carboxylic acids is 1. The molecule has 0 fully saturated rings. The zero-order valence-electron chi connectivity index (χ0n) is 11.1. The molecule has 0 radical (unpaired) electrons. The molecule has 0 heterocycles. The summed E-state index contributed by atoms with van der Waals surface area (Å²) in [6.45, 7) is 7.49. The number of rotatable bonds is 4. The maximum Gasteiger partial charge on any atom is 0.304 e. The molecule has 0 aliphatic carbocycles. The standard InChI is InChI=1S/C14H19ClO3/c1-8(2)10-5-9(15)6-11(13(10)18)14(3,4)7-12(16)17/h5-6,8,18H,7H2,1-4H3,(H,16,17). The van der Waals surface area contributed by atoms with Crippen molar-refractivity contribution in [1.29, 1.82) is 0 Å². The number of carbonyl (C=O) groups is 1. The molecule has 1 rings (SSSR count). The molecule has 0 amide bonds. The first-order valence-corrected chi connectivity index (χ1v) is 6.27. The van der Waals surface area contributed by atoms with Crippen molar-refractivity contribution in [2.24, 2.45) is 0 Å². The summed E-state index contributed by atoms with van der Waals surface area (Å²) in [6, 6.07) is 3.37. The van der Waals surface area contributed by atoms with Gasteiger partial charge in [0.05, 0.1) is 6.42 Å². The Hall–Kier alpha value is -1.22. The van der Waals surface area contributed by atoms with Crippen LogP contribution < -0.4 is 0 Å². The van der Waals surface area contributed by atoms with Crippen LogP contribution in [0.1, 0.15) is 51.2 Å². The highest BCUT2D eigenvalue weighted by Gasteiger charge is 2.29. The van der Waals surface area contributed by atoms with Crippen LogP contribution in [0.2, 0.25) is 5.02 Å². The maximum absolute atomic E-state index is 10.9. The SMILES string of the molecule is CC(C)c1cc(Cl)cc(C(C)(C)CC(=O)O)c1O. The number of halogens is 1. The summed E-state index contributed by atoms with van der Waals surface area (Å²) in [5.74, 6) is -0.616. The van der Waals surface area contributed by atoms with Crippen molar-refractivity contribution in [3.63, 3.8) is 0 Å². The minimum absolute atomic E-state index is 0.0571. The number of hydrogen-bond donors (Lipinski definition) is 2. The fourth-order valence-electron chi connectivity index (χ4n) is 2.05. The largest absolute Gasteiger partial charge is 0.507 e. The van der Waals surface area contributed by atoms with Gasteiger partial charge in [0.15, 0.2) is 0 Å². The lowest BCUT2D eigenvalue weighted by Crippen LogP contribution is -2.22. The van der Waals surface area contributed by atoms with Gasteiger partial charge in [0.25, 0.3) is 0 Å². The van der Waals surface area contributed by atoms with Crippen molar-refractivity contribution < 1.29 is 15.0 Å². The summed E-state index contributed by atoms with van der Waals surface area (Å²) in [5.41, 5.74) is 0.668. The van der Waals surface area contributed by atoms with Gasteiger partial charge >= 0.3 is 5.97 Å². The Bertz CT molecular complexity index is 464. The Kier molecular flexibility index (Phi) is 4.28. The highest BCUT2D eigenvalue weighted by Crippen LogP contribution is 2.40. The van der Waals surface area contributed by atoms with Crippen LogP contribution in [0.5, 0.6) is 5.75 Å². The number of carboxylic acids is 1. The van der Waals surface area contributed by atoms with Gasteiger partial charge < -0.3 is 10.2 Å². The van der Waals surface area contributed by atoms with Gasteiger partial charge in [0, 0.05) is 16.0 Å². The van der Waals surface area contributed by atoms with Crippen LogP contribution in [0.25, 0.3) is 0 Å². The molecule has 0 aliphatic heterocycles. The Morgan fingerprint density at radius 1 is 1.39 bits per heavy atom. The monoisotopic (exact) mass is 270 g/mol. The van der Waals surface area contributed by atoms with Crippen molar-refractivity contribution >= 4 is 17.6 Å². The fourth-order valence-corrected chi connectivity index (χ4v) is 2.28. The summed E-state index contributed by atoms with van der Waals surface area (Å²) < 4.78 is 0. The van der Waals surface area contributed by atoms with Crippen molar-refractivity contribution in [2.75, 3.05) is 0 Å². The Morgan fingerprint density at radius 3 is 2.39 bits per heavy atom. The van der Waals surface area contributed by atoms with E-state index in [1.54, 1.807) is 26.0 Å². The number of carboxylic acid groups (broad SMARTS) is 1. The van der Waals surface area contributed by atoms with E-state index in [4.69, 9.17) is 16.7 Å². The van der Waals surface area contributed by atoms with Crippen LogP contribution in [0.3, 0.4) is 0 Å². The van der Waals surface area contributed by atoms with Gasteiger partial charge in [-0.2, -0.15) is 0 Å². The molecule has 0 aliphatic rings. The van der Waals surface area contributed by atoms with Crippen LogP contribution in [0.4, 0.5) is 0 Å². The topological polar surface area (TPSA) is 57.5 Å². The van der Waals surface area contributed by atoms with Crippen LogP contribution >= 0.6 is 11.6 Å². The van der Waals surface area contributed by atoms with Crippen LogP contribution in [-0.4, -0.2) is 16.2 Å². The first-order chi connectivity index (χ1) is 8.15. The normalized spacial score (nSPS) is 11.9. The average Bonchev–Trinajstić information content (AvgIpc) is 2.18. The van der Waals surface area contributed by atoms with Crippen molar-refractivity contribution in [3.8, 4) is 5.75 Å². The van der Waals surface area contributed by atoms with E-state index in [1.165, 1.54) is 0 Å². The molecule has 100 valence electrons. The second kappa shape index (κ2) is 5.19. The first-order valence-electron chi connectivity index (χ1n) is 5.90. The van der Waals surface area contributed by atoms with Crippen molar-refractivity contribution in [3.05, 3.63) is 28.3 Å². The molecule has 0 spiro atoms. The van der Waals surface area contributed by atoms with Gasteiger partial charge in [0.2, 0.25) is 0 Å². The number of hydrogen-bond acceptors (Lipinski definition) is 2. The summed E-state index contributed by atoms with van der Waals surface area (Å²) in [6.07, 6.45) is -0.0571. The molecule has 0 atom stereocenters. The quantitative estimate of drug-likeness (QED) is 0.872. The summed E-state index contributed by atoms with van der Waals surface area (Å²) in [5, 5.41) is 19.7. The smallest absolute Gasteiger partial charge is 0.304 e. The van der Waals surface area contributed by atoms with E-state index in [2.05, 4.69) is 0 Å². The summed E-state index contributed by atoms with van der Waals surface area (Å²) >= 11 is 6.05. The lowest BCUT2D eigenvalue weighted by molar-refractivity contribution is -0.138. The van der Waals surface area contributed by atoms with E-state index >= 15 is 0 Å². The van der Waals surface area contributed by atoms with Gasteiger partial charge in [-0.3, -0.25) is 4.79 Å². The van der Waals surface area contributed by atoms with E-state index in [0.29, 0.717) is 10.6 Å². The van der Waals surface area contributed by atoms with Gasteiger partial charge in [-0.1, -0.05) is 39.3 Å². The number of phenols is 1. The molecule has 1 aromatic rings. The molecule has 4 heteroatoms. The average molecular weight is 271 g/mol. The van der Waals surface area contributed by atoms with E-state index in [9.17, 15) is 9.90 Å². The third kappa shape index (κ3) is 3.16. The molecule has 0 unspecified atom stereocenters. The van der Waals surface area contributed by atoms with Crippen molar-refractivity contribution in [2.45, 2.75) is 45.4 Å². The molecule has 1 aromatic carbocycles. The zero-order chi connectivity index (χ0) is 14.1. The predicted octanol–water partition coefficient (Wildman–Crippen LogP) is 3.92. The highest BCUT2D eigenvalue weighted by molar-refractivity contribution is 6.30. The minimum atomic E-state index is -0.898. The number of phenolic OH excluding ortho intramolecular Hbond substituents is 1. The third-order valence-electron chi connectivity index (χ3n) is 3.05. The molecule has 0 saturated heterocycles. The molecule has 0 saturated carbocycles. The van der Waals surface area contributed by atoms with E-state index in [0.717, 1.165) is 5.56 Å². The lowest BCUT2D eigenvalue weighted by atomic mass is 9.79. The van der Waals surface area contributed by atoms with Crippen LogP contribution in [0, 0.1) is 0 Å². The van der Waals surface area contributed by atoms with Gasteiger partial charge in [0.1, 0.15) is 5.75 Å². The molecule has 2 N–H and O–H groups in total. The highest BCUT2D eigenvalue weighted by atomic mass is 35.5. The molecular formula is C14H19ClO3. The Morgan fingerprint density at radius 2 is 1.94 bits per heavy atom. The first kappa shape index (κ1) is 14.8. The van der Waals surface area contributed by atoms with Gasteiger partial charge in [-0.05, 0) is 23.6 Å². The van der Waals surface area contributed by atoms with E-state index in [-0.39, 0.29) is 18.1 Å². The van der Waals surface area contributed by atoms with Gasteiger partial charge in [-0.25, -0.2) is 0 Å². The molecule has 3 nitrogen and oxygen atoms in total. The van der Waals surface area contributed by atoms with Gasteiger partial charge in [-0.15, -0.1) is 0 Å².